The maximum absolute atomic E-state index is 12.3. The molecule has 0 unspecified atom stereocenters. The molecule has 0 saturated carbocycles. The van der Waals surface area contributed by atoms with Crippen molar-refractivity contribution in [1.82, 2.24) is 0 Å². The van der Waals surface area contributed by atoms with Crippen LogP contribution in [-0.4, -0.2) is 12.2 Å². The summed E-state index contributed by atoms with van der Waals surface area (Å²) in [7, 11) is 0. The van der Waals surface area contributed by atoms with Gasteiger partial charge in [-0.2, -0.15) is 13.2 Å². The van der Waals surface area contributed by atoms with Crippen molar-refractivity contribution >= 4 is 0 Å². The molecule has 0 bridgehead atoms. The van der Waals surface area contributed by atoms with E-state index in [1.807, 2.05) is 0 Å². The van der Waals surface area contributed by atoms with E-state index in [0.717, 1.165) is 19.3 Å². The third-order valence-electron chi connectivity index (χ3n) is 3.50. The van der Waals surface area contributed by atoms with Crippen LogP contribution in [0.3, 0.4) is 0 Å². The maximum Gasteiger partial charge on any atom is 0.403 e. The van der Waals surface area contributed by atoms with Crippen LogP contribution in [0, 0.1) is 5.92 Å². The van der Waals surface area contributed by atoms with Gasteiger partial charge in [0, 0.05) is 0 Å². The van der Waals surface area contributed by atoms with Gasteiger partial charge in [0.2, 0.25) is 0 Å². The van der Waals surface area contributed by atoms with E-state index in [1.54, 1.807) is 6.92 Å². The number of unbranched alkanes of at least 4 members (excludes halogenated alkanes) is 7. The fourth-order valence-electron chi connectivity index (χ4n) is 2.10. The first-order valence-electron chi connectivity index (χ1n) is 7.21. The molecular formula is C14H28F3N. The first-order chi connectivity index (χ1) is 8.39. The highest BCUT2D eigenvalue weighted by Gasteiger charge is 2.39. The van der Waals surface area contributed by atoms with E-state index >= 15 is 0 Å². The molecule has 0 radical (unpaired) electrons. The zero-order chi connectivity index (χ0) is 14.0. The lowest BCUT2D eigenvalue weighted by Crippen LogP contribution is -2.42. The molecule has 0 aliphatic rings. The lowest BCUT2D eigenvalue weighted by molar-refractivity contribution is -0.158. The van der Waals surface area contributed by atoms with Crippen molar-refractivity contribution in [2.45, 2.75) is 83.9 Å². The van der Waals surface area contributed by atoms with Gasteiger partial charge in [-0.3, -0.25) is 0 Å². The molecule has 0 rings (SSSR count). The average Bonchev–Trinajstić information content (AvgIpc) is 2.30. The molecule has 0 saturated heterocycles. The molecule has 110 valence electrons. The summed E-state index contributed by atoms with van der Waals surface area (Å²) in [6.45, 7) is 3.78. The lowest BCUT2D eigenvalue weighted by atomic mass is 9.95. The van der Waals surface area contributed by atoms with Gasteiger partial charge in [0.1, 0.15) is 6.04 Å². The second kappa shape index (κ2) is 9.65. The van der Waals surface area contributed by atoms with E-state index in [-0.39, 0.29) is 0 Å². The molecule has 1 nitrogen and oxygen atoms in total. The van der Waals surface area contributed by atoms with Crippen LogP contribution in [0.2, 0.25) is 0 Å². The van der Waals surface area contributed by atoms with Crippen LogP contribution in [0.5, 0.6) is 0 Å². The minimum Gasteiger partial charge on any atom is -0.320 e. The molecule has 2 atom stereocenters. The van der Waals surface area contributed by atoms with E-state index in [2.05, 4.69) is 6.92 Å². The molecule has 0 amide bonds. The highest BCUT2D eigenvalue weighted by atomic mass is 19.4. The molecule has 0 aliphatic carbocycles. The summed E-state index contributed by atoms with van der Waals surface area (Å²) in [5.41, 5.74) is 5.17. The predicted octanol–water partition coefficient (Wildman–Crippen LogP) is 5.04. The van der Waals surface area contributed by atoms with E-state index in [0.29, 0.717) is 6.42 Å². The number of nitrogens with two attached hydrogens (primary N) is 1. The van der Waals surface area contributed by atoms with Gasteiger partial charge < -0.3 is 5.73 Å². The topological polar surface area (TPSA) is 26.0 Å². The molecule has 0 heterocycles. The summed E-state index contributed by atoms with van der Waals surface area (Å²) in [4.78, 5) is 0. The maximum atomic E-state index is 12.3. The third-order valence-corrected chi connectivity index (χ3v) is 3.50. The van der Waals surface area contributed by atoms with Gasteiger partial charge in [0.25, 0.3) is 0 Å². The van der Waals surface area contributed by atoms with Gasteiger partial charge in [-0.15, -0.1) is 0 Å². The predicted molar refractivity (Wildman–Crippen MR) is 70.4 cm³/mol. The minimum atomic E-state index is -4.25. The molecule has 0 aromatic rings. The Kier molecular flexibility index (Phi) is 9.52. The van der Waals surface area contributed by atoms with Gasteiger partial charge >= 0.3 is 6.18 Å². The molecule has 18 heavy (non-hydrogen) atoms. The van der Waals surface area contributed by atoms with Crippen LogP contribution in [0.4, 0.5) is 13.2 Å². The largest absolute Gasteiger partial charge is 0.403 e. The molecule has 0 aromatic heterocycles. The van der Waals surface area contributed by atoms with Gasteiger partial charge in [-0.25, -0.2) is 0 Å². The molecule has 2 N–H and O–H groups in total. The van der Waals surface area contributed by atoms with Crippen LogP contribution in [0.25, 0.3) is 0 Å². The van der Waals surface area contributed by atoms with E-state index < -0.39 is 18.1 Å². The summed E-state index contributed by atoms with van der Waals surface area (Å²) in [6.07, 6.45) is 5.63. The normalized spacial score (nSPS) is 15.7. The Balaban J connectivity index is 3.43. The standard InChI is InChI=1S/C14H28F3N/c1-3-4-5-6-7-8-9-10-11-12(2)13(18)14(15,16)17/h12-13H,3-11,18H2,1-2H3/t12-,13-/m1/s1. The van der Waals surface area contributed by atoms with Crippen LogP contribution >= 0.6 is 0 Å². The third kappa shape index (κ3) is 8.78. The Bertz CT molecular complexity index is 192. The Hall–Kier alpha value is -0.250. The van der Waals surface area contributed by atoms with Crippen molar-refractivity contribution in [2.24, 2.45) is 11.7 Å². The van der Waals surface area contributed by atoms with Crippen LogP contribution in [0.1, 0.15) is 71.6 Å². The first-order valence-corrected chi connectivity index (χ1v) is 7.21. The average molecular weight is 267 g/mol. The summed E-state index contributed by atoms with van der Waals surface area (Å²) in [6, 6.07) is -1.66. The number of halogens is 3. The second-order valence-electron chi connectivity index (χ2n) is 5.31. The zero-order valence-electron chi connectivity index (χ0n) is 11.7. The second-order valence-corrected chi connectivity index (χ2v) is 5.31. The van der Waals surface area contributed by atoms with Gasteiger partial charge in [0.05, 0.1) is 0 Å². The van der Waals surface area contributed by atoms with Crippen molar-refractivity contribution < 1.29 is 13.2 Å². The van der Waals surface area contributed by atoms with Crippen molar-refractivity contribution in [3.8, 4) is 0 Å². The lowest BCUT2D eigenvalue weighted by Gasteiger charge is -2.22. The Morgan fingerprint density at radius 2 is 1.33 bits per heavy atom. The van der Waals surface area contributed by atoms with E-state index in [4.69, 9.17) is 5.73 Å². The Morgan fingerprint density at radius 3 is 1.78 bits per heavy atom. The first kappa shape index (κ1) is 17.8. The molecule has 4 heteroatoms. The van der Waals surface area contributed by atoms with Crippen molar-refractivity contribution in [1.29, 1.82) is 0 Å². The minimum absolute atomic E-state index is 0.468. The molecular weight excluding hydrogens is 239 g/mol. The van der Waals surface area contributed by atoms with Crippen LogP contribution in [0.15, 0.2) is 0 Å². The molecule has 0 aromatic carbocycles. The van der Waals surface area contributed by atoms with Crippen molar-refractivity contribution in [3.05, 3.63) is 0 Å². The Labute approximate surface area is 109 Å². The van der Waals surface area contributed by atoms with Gasteiger partial charge in [0.15, 0.2) is 0 Å². The van der Waals surface area contributed by atoms with E-state index in [1.165, 1.54) is 32.1 Å². The van der Waals surface area contributed by atoms with E-state index in [9.17, 15) is 13.2 Å². The smallest absolute Gasteiger partial charge is 0.320 e. The van der Waals surface area contributed by atoms with Gasteiger partial charge in [-0.1, -0.05) is 65.2 Å². The number of hydrogen-bond acceptors (Lipinski definition) is 1. The van der Waals surface area contributed by atoms with Crippen molar-refractivity contribution in [3.63, 3.8) is 0 Å². The number of hydrogen-bond donors (Lipinski definition) is 1. The fraction of sp³-hybridized carbons (Fsp3) is 1.00. The highest BCUT2D eigenvalue weighted by Crippen LogP contribution is 2.26. The number of rotatable bonds is 10. The van der Waals surface area contributed by atoms with Gasteiger partial charge in [-0.05, 0) is 12.3 Å². The summed E-state index contributed by atoms with van der Waals surface area (Å²) >= 11 is 0. The quantitative estimate of drug-likeness (QED) is 0.551. The summed E-state index contributed by atoms with van der Waals surface area (Å²) in [5, 5.41) is 0. The summed E-state index contributed by atoms with van der Waals surface area (Å²) in [5.74, 6) is -0.468. The highest BCUT2D eigenvalue weighted by molar-refractivity contribution is 4.76. The SMILES string of the molecule is CCCCCCCCCC[C@@H](C)[C@@H](N)C(F)(F)F. The fourth-order valence-corrected chi connectivity index (χ4v) is 2.10. The molecule has 0 spiro atoms. The number of alkyl halides is 3. The monoisotopic (exact) mass is 267 g/mol. The Morgan fingerprint density at radius 1 is 0.889 bits per heavy atom. The molecule has 0 aliphatic heterocycles. The van der Waals surface area contributed by atoms with Crippen LogP contribution < -0.4 is 5.73 Å². The zero-order valence-corrected chi connectivity index (χ0v) is 11.7. The van der Waals surface area contributed by atoms with Crippen molar-refractivity contribution in [2.75, 3.05) is 0 Å². The van der Waals surface area contributed by atoms with Crippen LogP contribution in [-0.2, 0) is 0 Å². The summed E-state index contributed by atoms with van der Waals surface area (Å²) < 4.78 is 37.0. The molecule has 0 fully saturated rings.